The number of nitrogens with two attached hydrogens (primary N) is 2. The molecule has 1 saturated carbocycles. The summed E-state index contributed by atoms with van der Waals surface area (Å²) in [7, 11) is 0. The zero-order valence-electron chi connectivity index (χ0n) is 15.6. The molecule has 7 heteroatoms. The molecule has 1 amide bonds. The molecule has 0 aromatic carbocycles. The predicted molar refractivity (Wildman–Crippen MR) is 106 cm³/mol. The molecular formula is C18H45N3O4. The van der Waals surface area contributed by atoms with Crippen LogP contribution < -0.4 is 11.5 Å². The maximum atomic E-state index is 10.9. The van der Waals surface area contributed by atoms with Crippen molar-refractivity contribution in [2.75, 3.05) is 26.4 Å². The van der Waals surface area contributed by atoms with Crippen LogP contribution in [0.3, 0.4) is 0 Å². The summed E-state index contributed by atoms with van der Waals surface area (Å²) in [6, 6.07) is -0.141. The zero-order valence-corrected chi connectivity index (χ0v) is 15.6. The molecule has 0 unspecified atom stereocenters. The van der Waals surface area contributed by atoms with Gasteiger partial charge in [0.1, 0.15) is 0 Å². The second-order valence-electron chi connectivity index (χ2n) is 6.94. The smallest absolute Gasteiger partial charge is 0.234 e. The molecule has 1 atom stereocenters. The van der Waals surface area contributed by atoms with Gasteiger partial charge in [-0.2, -0.15) is 0 Å². The van der Waals surface area contributed by atoms with Gasteiger partial charge in [0.25, 0.3) is 0 Å². The number of ether oxygens (including phenoxy) is 1. The highest BCUT2D eigenvalue weighted by molar-refractivity contribution is 5.80. The molecule has 0 spiro atoms. The number of carbonyl (C=O) groups excluding carboxylic acids is 1. The molecule has 0 aromatic heterocycles. The molecule has 0 radical (unpaired) electrons. The lowest BCUT2D eigenvalue weighted by molar-refractivity contribution is -0.276. The molecule has 0 bridgehead atoms. The Bertz CT molecular complexity index is 318. The van der Waals surface area contributed by atoms with Gasteiger partial charge in [0.15, 0.2) is 0 Å². The van der Waals surface area contributed by atoms with E-state index in [2.05, 4.69) is 25.7 Å². The first kappa shape index (κ1) is 26.5. The second kappa shape index (κ2) is 16.7. The van der Waals surface area contributed by atoms with Gasteiger partial charge in [-0.1, -0.05) is 41.0 Å². The number of rotatable bonds is 6. The minimum Gasteiger partial charge on any atom is -0.368 e. The molecule has 5 N–H and O–H groups in total. The van der Waals surface area contributed by atoms with E-state index in [1.807, 2.05) is 4.90 Å². The molecule has 1 heterocycles. The van der Waals surface area contributed by atoms with Gasteiger partial charge in [-0.3, -0.25) is 15.0 Å². The maximum Gasteiger partial charge on any atom is 0.234 e. The number of hydrogen-bond donors (Lipinski definition) is 3. The lowest BCUT2D eigenvalue weighted by atomic mass is 10.2. The van der Waals surface area contributed by atoms with E-state index in [4.69, 9.17) is 21.5 Å². The van der Waals surface area contributed by atoms with E-state index in [0.29, 0.717) is 19.9 Å². The standard InChI is InChI=1S/C8H17N3O2.C5H10O2.C4H10.CH4.2H2/c9-3-5-13-6-11-4-1-2-7(11)8(10)12;6-7-5-3-1-2-4-5;1-4(2)3;;;/h7H,1-6,9H2,(H2,10,12);5-6H,1-4H2;4H,1-3H3;1H4;2*1H/t7-;;;;;/m0...../s1. The quantitative estimate of drug-likeness (QED) is 0.378. The highest BCUT2D eigenvalue weighted by Crippen LogP contribution is 2.19. The van der Waals surface area contributed by atoms with Crippen LogP contribution in [0.4, 0.5) is 0 Å². The van der Waals surface area contributed by atoms with Crippen molar-refractivity contribution in [1.82, 2.24) is 4.90 Å². The average Bonchev–Trinajstić information content (AvgIpc) is 3.19. The first-order valence-corrected chi connectivity index (χ1v) is 9.03. The summed E-state index contributed by atoms with van der Waals surface area (Å²) in [6.45, 7) is 8.89. The van der Waals surface area contributed by atoms with Crippen LogP contribution in [0.1, 0.15) is 69.6 Å². The highest BCUT2D eigenvalue weighted by atomic mass is 17.1. The summed E-state index contributed by atoms with van der Waals surface area (Å²) >= 11 is 0. The molecule has 25 heavy (non-hydrogen) atoms. The van der Waals surface area contributed by atoms with E-state index in [1.54, 1.807) is 0 Å². The van der Waals surface area contributed by atoms with Crippen LogP contribution in [-0.2, 0) is 14.4 Å². The number of carbonyl (C=O) groups is 1. The van der Waals surface area contributed by atoms with Gasteiger partial charge in [-0.25, -0.2) is 4.89 Å². The third-order valence-corrected chi connectivity index (χ3v) is 3.66. The van der Waals surface area contributed by atoms with E-state index >= 15 is 0 Å². The van der Waals surface area contributed by atoms with E-state index in [1.165, 1.54) is 12.8 Å². The normalized spacial score (nSPS) is 20.3. The minimum atomic E-state index is -0.256. The van der Waals surface area contributed by atoms with Crippen molar-refractivity contribution in [2.24, 2.45) is 17.4 Å². The van der Waals surface area contributed by atoms with Crippen molar-refractivity contribution in [2.45, 2.75) is 78.9 Å². The Balaban J connectivity index is -0.000000162. The molecule has 1 aliphatic carbocycles. The third-order valence-electron chi connectivity index (χ3n) is 3.66. The molecule has 1 aliphatic heterocycles. The van der Waals surface area contributed by atoms with Crippen molar-refractivity contribution in [1.29, 1.82) is 0 Å². The summed E-state index contributed by atoms with van der Waals surface area (Å²) < 4.78 is 5.24. The van der Waals surface area contributed by atoms with Crippen LogP contribution in [0.2, 0.25) is 0 Å². The van der Waals surface area contributed by atoms with Crippen LogP contribution >= 0.6 is 0 Å². The number of primary amides is 1. The molecule has 2 fully saturated rings. The van der Waals surface area contributed by atoms with E-state index in [9.17, 15) is 4.79 Å². The predicted octanol–water partition coefficient (Wildman–Crippen LogP) is 3.08. The molecule has 7 nitrogen and oxygen atoms in total. The topological polar surface area (TPSA) is 111 Å². The van der Waals surface area contributed by atoms with Crippen LogP contribution in [0.25, 0.3) is 0 Å². The summed E-state index contributed by atoms with van der Waals surface area (Å²) in [6.07, 6.45) is 6.52. The van der Waals surface area contributed by atoms with Crippen LogP contribution in [0.5, 0.6) is 0 Å². The van der Waals surface area contributed by atoms with Gasteiger partial charge in [-0.15, -0.1) is 0 Å². The van der Waals surface area contributed by atoms with Crippen LogP contribution in [-0.4, -0.2) is 54.6 Å². The summed E-state index contributed by atoms with van der Waals surface area (Å²) in [5, 5.41) is 8.07. The van der Waals surface area contributed by atoms with E-state index in [0.717, 1.165) is 38.1 Å². The minimum absolute atomic E-state index is 0. The van der Waals surface area contributed by atoms with E-state index in [-0.39, 0.29) is 28.3 Å². The molecule has 0 aromatic rings. The summed E-state index contributed by atoms with van der Waals surface area (Å²) in [5.41, 5.74) is 10.5. The third kappa shape index (κ3) is 14.2. The maximum absolute atomic E-state index is 10.9. The Morgan fingerprint density at radius 2 is 1.80 bits per heavy atom. The van der Waals surface area contributed by atoms with E-state index < -0.39 is 0 Å². The van der Waals surface area contributed by atoms with Crippen LogP contribution in [0.15, 0.2) is 0 Å². The molecule has 1 saturated heterocycles. The number of amides is 1. The van der Waals surface area contributed by atoms with Gasteiger partial charge >= 0.3 is 0 Å². The molecular weight excluding hydrogens is 322 g/mol. The lowest BCUT2D eigenvalue weighted by Gasteiger charge is -2.21. The highest BCUT2D eigenvalue weighted by Gasteiger charge is 2.28. The summed E-state index contributed by atoms with van der Waals surface area (Å²) in [5.74, 6) is 0.578. The largest absolute Gasteiger partial charge is 0.368 e. The van der Waals surface area contributed by atoms with Crippen LogP contribution in [0, 0.1) is 5.92 Å². The van der Waals surface area contributed by atoms with Crippen molar-refractivity contribution in [3.8, 4) is 0 Å². The van der Waals surface area contributed by atoms with Gasteiger partial charge in [0.2, 0.25) is 5.91 Å². The Morgan fingerprint density at radius 3 is 2.20 bits per heavy atom. The number of nitrogens with zero attached hydrogens (tertiary/aromatic N) is 1. The van der Waals surface area contributed by atoms with Crippen molar-refractivity contribution in [3.05, 3.63) is 0 Å². The molecule has 2 aliphatic rings. The zero-order chi connectivity index (χ0) is 18.4. The number of likely N-dealkylation sites (tertiary alicyclic amines) is 1. The Morgan fingerprint density at radius 1 is 1.24 bits per heavy atom. The Kier molecular flexibility index (Phi) is 17.7. The van der Waals surface area contributed by atoms with Gasteiger partial charge < -0.3 is 16.2 Å². The fourth-order valence-corrected chi connectivity index (χ4v) is 2.56. The van der Waals surface area contributed by atoms with Gasteiger partial charge in [0, 0.05) is 15.9 Å². The average molecular weight is 368 g/mol. The molecule has 156 valence electrons. The number of hydrogen-bond acceptors (Lipinski definition) is 6. The van der Waals surface area contributed by atoms with Gasteiger partial charge in [0.05, 0.1) is 25.5 Å². The Hall–Kier alpha value is -0.730. The fourth-order valence-electron chi connectivity index (χ4n) is 2.56. The second-order valence-corrected chi connectivity index (χ2v) is 6.94. The lowest BCUT2D eigenvalue weighted by Crippen LogP contribution is -2.41. The SMILES string of the molecule is C.CC(C)C.NCCOCN1CCC[C@H]1C(N)=O.OOC1CCCC1.[HH].[HH]. The Labute approximate surface area is 156 Å². The van der Waals surface area contributed by atoms with Crippen molar-refractivity contribution >= 4 is 5.91 Å². The van der Waals surface area contributed by atoms with Crippen molar-refractivity contribution in [3.63, 3.8) is 0 Å². The van der Waals surface area contributed by atoms with Gasteiger partial charge in [-0.05, 0) is 31.6 Å². The van der Waals surface area contributed by atoms with Crippen molar-refractivity contribution < 1.29 is 22.5 Å². The first-order chi connectivity index (χ1) is 11.4. The molecule has 2 rings (SSSR count). The fraction of sp³-hybridized carbons (Fsp3) is 0.944. The first-order valence-electron chi connectivity index (χ1n) is 9.03. The monoisotopic (exact) mass is 367 g/mol. The summed E-state index contributed by atoms with van der Waals surface area (Å²) in [4.78, 5) is 17.0.